The Labute approximate surface area is 209 Å². The van der Waals surface area contributed by atoms with Gasteiger partial charge in [-0.1, -0.05) is 52.3 Å². The molecular formula is C30H38N2O3. The SMILES string of the molecule is CCCCc1c(C(=O)Nc2c(CC)cc(Oc3ccccc3)cc2CC)c(=O)c(CC)c(C)n1C. The molecule has 0 saturated carbocycles. The minimum absolute atomic E-state index is 0.146. The number of hydrogen-bond acceptors (Lipinski definition) is 3. The lowest BCUT2D eigenvalue weighted by atomic mass is 9.98. The maximum atomic E-state index is 13.7. The molecule has 5 nitrogen and oxygen atoms in total. The van der Waals surface area contributed by atoms with Gasteiger partial charge in [0.2, 0.25) is 0 Å². The number of unbranched alkanes of at least 4 members (excludes halogenated alkanes) is 1. The van der Waals surface area contributed by atoms with Gasteiger partial charge in [0.05, 0.1) is 0 Å². The number of carbonyl (C=O) groups excluding carboxylic acids is 1. The second-order valence-electron chi connectivity index (χ2n) is 8.92. The maximum Gasteiger partial charge on any atom is 0.261 e. The van der Waals surface area contributed by atoms with Crippen LogP contribution in [0.5, 0.6) is 11.5 Å². The van der Waals surface area contributed by atoms with Crippen molar-refractivity contribution in [1.29, 1.82) is 0 Å². The van der Waals surface area contributed by atoms with E-state index in [0.29, 0.717) is 18.4 Å². The maximum absolute atomic E-state index is 13.7. The molecule has 0 radical (unpaired) electrons. The van der Waals surface area contributed by atoms with Crippen molar-refractivity contribution in [2.24, 2.45) is 7.05 Å². The summed E-state index contributed by atoms with van der Waals surface area (Å²) in [6, 6.07) is 13.6. The van der Waals surface area contributed by atoms with Gasteiger partial charge in [-0.15, -0.1) is 0 Å². The molecular weight excluding hydrogens is 436 g/mol. The Kier molecular flexibility index (Phi) is 8.91. The van der Waals surface area contributed by atoms with Crippen LogP contribution in [0.4, 0.5) is 5.69 Å². The van der Waals surface area contributed by atoms with Gasteiger partial charge in [-0.05, 0) is 74.4 Å². The van der Waals surface area contributed by atoms with Crippen molar-refractivity contribution in [2.45, 2.75) is 73.1 Å². The van der Waals surface area contributed by atoms with Gasteiger partial charge in [0.15, 0.2) is 5.43 Å². The summed E-state index contributed by atoms with van der Waals surface area (Å²) >= 11 is 0. The standard InChI is InChI=1S/C30H38N2O3/c1-7-11-17-26-27(29(33)25(10-4)20(5)32(26)6)30(34)31-28-21(8-2)18-24(19-22(28)9-3)35-23-15-13-12-14-16-23/h12-16,18-19H,7-11,17H2,1-6H3,(H,31,34). The zero-order valence-electron chi connectivity index (χ0n) is 22.0. The number of amides is 1. The van der Waals surface area contributed by atoms with E-state index in [9.17, 15) is 9.59 Å². The number of hydrogen-bond donors (Lipinski definition) is 1. The van der Waals surface area contributed by atoms with Crippen LogP contribution in [0.15, 0.2) is 47.3 Å². The first-order valence-corrected chi connectivity index (χ1v) is 12.8. The van der Waals surface area contributed by atoms with Gasteiger partial charge in [0.1, 0.15) is 17.1 Å². The summed E-state index contributed by atoms with van der Waals surface area (Å²) in [6.45, 7) is 10.2. The third-order valence-electron chi connectivity index (χ3n) is 6.74. The van der Waals surface area contributed by atoms with E-state index in [1.54, 1.807) is 0 Å². The first-order chi connectivity index (χ1) is 16.9. The highest BCUT2D eigenvalue weighted by molar-refractivity contribution is 6.06. The van der Waals surface area contributed by atoms with Crippen molar-refractivity contribution in [1.82, 2.24) is 4.57 Å². The topological polar surface area (TPSA) is 60.3 Å². The van der Waals surface area contributed by atoms with Crippen LogP contribution >= 0.6 is 0 Å². The lowest BCUT2D eigenvalue weighted by Crippen LogP contribution is -2.31. The minimum atomic E-state index is -0.326. The number of pyridine rings is 1. The molecule has 1 aromatic heterocycles. The Morgan fingerprint density at radius 1 is 0.943 bits per heavy atom. The molecule has 0 aliphatic heterocycles. The number of ether oxygens (including phenoxy) is 1. The van der Waals surface area contributed by atoms with E-state index in [1.807, 2.05) is 67.9 Å². The summed E-state index contributed by atoms with van der Waals surface area (Å²) in [4.78, 5) is 27.2. The van der Waals surface area contributed by atoms with E-state index in [-0.39, 0.29) is 16.9 Å². The third kappa shape index (κ3) is 5.67. The molecule has 0 spiro atoms. The summed E-state index contributed by atoms with van der Waals surface area (Å²) in [7, 11) is 1.96. The number of nitrogens with zero attached hydrogens (tertiary/aromatic N) is 1. The molecule has 1 N–H and O–H groups in total. The normalized spacial score (nSPS) is 10.9. The average molecular weight is 475 g/mol. The van der Waals surface area contributed by atoms with E-state index in [1.165, 1.54) is 0 Å². The molecule has 3 rings (SSSR count). The Morgan fingerprint density at radius 3 is 2.11 bits per heavy atom. The number of aryl methyl sites for hydroxylation is 2. The fourth-order valence-electron chi connectivity index (χ4n) is 4.62. The van der Waals surface area contributed by atoms with E-state index in [0.717, 1.165) is 65.4 Å². The van der Waals surface area contributed by atoms with Crippen molar-refractivity contribution in [2.75, 3.05) is 5.32 Å². The monoisotopic (exact) mass is 474 g/mol. The molecule has 186 valence electrons. The van der Waals surface area contributed by atoms with Crippen LogP contribution in [0.3, 0.4) is 0 Å². The molecule has 0 bridgehead atoms. The molecule has 3 aromatic rings. The van der Waals surface area contributed by atoms with Crippen molar-refractivity contribution < 1.29 is 9.53 Å². The van der Waals surface area contributed by atoms with E-state index in [2.05, 4.69) is 26.1 Å². The summed E-state index contributed by atoms with van der Waals surface area (Å²) in [5.74, 6) is 1.18. The largest absolute Gasteiger partial charge is 0.457 e. The van der Waals surface area contributed by atoms with Crippen LogP contribution in [0.25, 0.3) is 0 Å². The Balaban J connectivity index is 2.06. The van der Waals surface area contributed by atoms with Crippen LogP contribution in [-0.2, 0) is 32.7 Å². The van der Waals surface area contributed by atoms with Gasteiger partial charge in [-0.3, -0.25) is 9.59 Å². The lowest BCUT2D eigenvalue weighted by molar-refractivity contribution is 0.102. The van der Waals surface area contributed by atoms with Crippen molar-refractivity contribution in [3.8, 4) is 11.5 Å². The van der Waals surface area contributed by atoms with Gasteiger partial charge >= 0.3 is 0 Å². The molecule has 1 amide bonds. The Bertz CT molecular complexity index is 1220. The lowest BCUT2D eigenvalue weighted by Gasteiger charge is -2.21. The van der Waals surface area contributed by atoms with Crippen LogP contribution in [0.2, 0.25) is 0 Å². The van der Waals surface area contributed by atoms with Gasteiger partial charge in [-0.2, -0.15) is 0 Å². The molecule has 2 aromatic carbocycles. The highest BCUT2D eigenvalue weighted by Gasteiger charge is 2.24. The van der Waals surface area contributed by atoms with Gasteiger partial charge in [0, 0.05) is 29.7 Å². The zero-order valence-corrected chi connectivity index (χ0v) is 22.0. The van der Waals surface area contributed by atoms with E-state index < -0.39 is 0 Å². The number of carbonyl (C=O) groups is 1. The molecule has 1 heterocycles. The molecule has 0 atom stereocenters. The van der Waals surface area contributed by atoms with Crippen LogP contribution in [0, 0.1) is 6.92 Å². The molecule has 0 saturated heterocycles. The molecule has 5 heteroatoms. The van der Waals surface area contributed by atoms with Gasteiger partial charge in [-0.25, -0.2) is 0 Å². The summed E-state index contributed by atoms with van der Waals surface area (Å²) in [5, 5.41) is 3.14. The third-order valence-corrected chi connectivity index (χ3v) is 6.74. The summed E-state index contributed by atoms with van der Waals surface area (Å²) in [6.07, 6.45) is 4.66. The zero-order chi connectivity index (χ0) is 25.5. The number of benzene rings is 2. The van der Waals surface area contributed by atoms with Crippen LogP contribution in [-0.4, -0.2) is 10.5 Å². The number of para-hydroxylation sites is 1. The first kappa shape index (κ1) is 26.3. The Morgan fingerprint density at radius 2 is 1.57 bits per heavy atom. The number of aromatic nitrogens is 1. The number of rotatable bonds is 10. The molecule has 0 aliphatic carbocycles. The average Bonchev–Trinajstić information content (AvgIpc) is 2.86. The molecule has 0 unspecified atom stereocenters. The second kappa shape index (κ2) is 11.9. The van der Waals surface area contributed by atoms with Crippen molar-refractivity contribution in [3.05, 3.63) is 86.3 Å². The fourth-order valence-corrected chi connectivity index (χ4v) is 4.62. The van der Waals surface area contributed by atoms with Crippen LogP contribution < -0.4 is 15.5 Å². The first-order valence-electron chi connectivity index (χ1n) is 12.8. The predicted molar refractivity (Wildman–Crippen MR) is 144 cm³/mol. The Hall–Kier alpha value is -3.34. The van der Waals surface area contributed by atoms with Gasteiger partial charge in [0.25, 0.3) is 5.91 Å². The quantitative estimate of drug-likeness (QED) is 0.353. The fraction of sp³-hybridized carbons (Fsp3) is 0.400. The second-order valence-corrected chi connectivity index (χ2v) is 8.92. The molecule has 35 heavy (non-hydrogen) atoms. The minimum Gasteiger partial charge on any atom is -0.457 e. The smallest absolute Gasteiger partial charge is 0.261 e. The number of nitrogens with one attached hydrogen (secondary N) is 1. The van der Waals surface area contributed by atoms with Crippen molar-refractivity contribution in [3.63, 3.8) is 0 Å². The highest BCUT2D eigenvalue weighted by atomic mass is 16.5. The molecule has 0 fully saturated rings. The van der Waals surface area contributed by atoms with Crippen molar-refractivity contribution >= 4 is 11.6 Å². The van der Waals surface area contributed by atoms with E-state index in [4.69, 9.17) is 4.74 Å². The van der Waals surface area contributed by atoms with E-state index >= 15 is 0 Å². The predicted octanol–water partition coefficient (Wildman–Crippen LogP) is 6.77. The molecule has 0 aliphatic rings. The van der Waals surface area contributed by atoms with Gasteiger partial charge < -0.3 is 14.6 Å². The summed E-state index contributed by atoms with van der Waals surface area (Å²) in [5.41, 5.74) is 5.33. The van der Waals surface area contributed by atoms with Crippen LogP contribution in [0.1, 0.15) is 79.0 Å². The number of anilines is 1. The highest BCUT2D eigenvalue weighted by Crippen LogP contribution is 2.32. The summed E-state index contributed by atoms with van der Waals surface area (Å²) < 4.78 is 8.11.